The quantitative estimate of drug-likeness (QED) is 0.433. The summed E-state index contributed by atoms with van der Waals surface area (Å²) in [6, 6.07) is 17.0. The minimum atomic E-state index is -3.67. The van der Waals surface area contributed by atoms with Crippen LogP contribution < -0.4 is 9.67 Å². The topological polar surface area (TPSA) is 96.4 Å². The Kier molecular flexibility index (Phi) is 7.78. The van der Waals surface area contributed by atoms with Crippen molar-refractivity contribution in [3.05, 3.63) is 89.2 Å². The second-order valence-electron chi connectivity index (χ2n) is 7.87. The van der Waals surface area contributed by atoms with E-state index in [0.717, 1.165) is 5.56 Å². The van der Waals surface area contributed by atoms with Gasteiger partial charge in [0.15, 0.2) is 0 Å². The van der Waals surface area contributed by atoms with Gasteiger partial charge in [0.25, 0.3) is 0 Å². The Bertz CT molecular complexity index is 1190. The predicted octanol–water partition coefficient (Wildman–Crippen LogP) is 2.69. The SMILES string of the molecule is CC(C)(CO)NC(=O)c1cccc([As](Cc2ccc(Cl)cc2)S(=O)(=O)c2cccnc2)c1. The molecule has 3 rings (SSSR count). The summed E-state index contributed by atoms with van der Waals surface area (Å²) in [4.78, 5) is 16.9. The first kappa shape index (κ1) is 24.5. The van der Waals surface area contributed by atoms with Gasteiger partial charge >= 0.3 is 197 Å². The molecule has 6 nitrogen and oxygen atoms in total. The van der Waals surface area contributed by atoms with Gasteiger partial charge in [-0.25, -0.2) is 0 Å². The van der Waals surface area contributed by atoms with Gasteiger partial charge in [0, 0.05) is 0 Å². The van der Waals surface area contributed by atoms with Crippen LogP contribution in [-0.2, 0) is 13.3 Å². The Morgan fingerprint density at radius 3 is 2.47 bits per heavy atom. The summed E-state index contributed by atoms with van der Waals surface area (Å²) < 4.78 is 27.9. The maximum atomic E-state index is 13.6. The first-order valence-electron chi connectivity index (χ1n) is 9.83. The van der Waals surface area contributed by atoms with Crippen LogP contribution in [0.5, 0.6) is 0 Å². The number of hydrogen-bond donors (Lipinski definition) is 2. The average Bonchev–Trinajstić information content (AvgIpc) is 2.79. The van der Waals surface area contributed by atoms with Crippen LogP contribution in [0.1, 0.15) is 29.8 Å². The Morgan fingerprint density at radius 1 is 1.12 bits per heavy atom. The summed E-state index contributed by atoms with van der Waals surface area (Å²) in [5.41, 5.74) is 0.411. The van der Waals surface area contributed by atoms with Gasteiger partial charge in [-0.05, 0) is 0 Å². The molecule has 1 heterocycles. The summed E-state index contributed by atoms with van der Waals surface area (Å²) in [5.74, 6) is -0.370. The molecule has 32 heavy (non-hydrogen) atoms. The van der Waals surface area contributed by atoms with Crippen molar-refractivity contribution in [2.45, 2.75) is 29.5 Å². The molecule has 0 spiro atoms. The molecule has 0 aliphatic carbocycles. The van der Waals surface area contributed by atoms with E-state index in [4.69, 9.17) is 11.6 Å². The van der Waals surface area contributed by atoms with E-state index in [2.05, 4.69) is 10.3 Å². The number of halogens is 1. The number of benzene rings is 2. The van der Waals surface area contributed by atoms with Gasteiger partial charge in [-0.15, -0.1) is 0 Å². The average molecular weight is 535 g/mol. The summed E-state index contributed by atoms with van der Waals surface area (Å²) in [6.45, 7) is 3.20. The van der Waals surface area contributed by atoms with Gasteiger partial charge in [-0.3, -0.25) is 0 Å². The Morgan fingerprint density at radius 2 is 1.84 bits per heavy atom. The van der Waals surface area contributed by atoms with Crippen LogP contribution in [0, 0.1) is 0 Å². The number of carbonyl (C=O) groups excluding carboxylic acids is 1. The van der Waals surface area contributed by atoms with Crippen LogP contribution in [0.3, 0.4) is 0 Å². The number of aliphatic hydroxyl groups is 1. The van der Waals surface area contributed by atoms with Crippen LogP contribution in [0.2, 0.25) is 5.02 Å². The van der Waals surface area contributed by atoms with E-state index in [1.54, 1.807) is 62.4 Å². The molecule has 0 saturated heterocycles. The van der Waals surface area contributed by atoms with Crippen LogP contribution in [0.15, 0.2) is 78.0 Å². The maximum absolute atomic E-state index is 13.6. The number of aliphatic hydroxyl groups excluding tert-OH is 1. The fourth-order valence-electron chi connectivity index (χ4n) is 2.92. The van der Waals surface area contributed by atoms with Crippen LogP contribution in [-0.4, -0.2) is 50.1 Å². The molecule has 1 atom stereocenters. The molecule has 1 unspecified atom stereocenters. The van der Waals surface area contributed by atoms with Crippen LogP contribution >= 0.6 is 11.6 Å². The molecular formula is C23H24AsClN2O4S. The molecule has 2 N–H and O–H groups in total. The van der Waals surface area contributed by atoms with E-state index in [9.17, 15) is 18.3 Å². The van der Waals surface area contributed by atoms with E-state index in [1.807, 2.05) is 12.1 Å². The number of amides is 1. The number of nitrogens with one attached hydrogen (secondary N) is 1. The standard InChI is InChI=1S/C23H24AsClN2O4S/c1-23(2,16-28)27-22(29)18-5-3-6-19(13-18)24(14-17-8-10-20(25)11-9-17)32(30,31)21-7-4-12-26-15-21/h3-13,15,28H,14,16H2,1-2H3,(H,27,29). The van der Waals surface area contributed by atoms with E-state index in [-0.39, 0.29) is 17.4 Å². The van der Waals surface area contributed by atoms with Gasteiger partial charge in [0.2, 0.25) is 0 Å². The van der Waals surface area contributed by atoms with Crippen molar-refractivity contribution in [2.75, 3.05) is 6.61 Å². The first-order valence-corrected chi connectivity index (χ1v) is 16.2. The van der Waals surface area contributed by atoms with Gasteiger partial charge in [-0.1, -0.05) is 0 Å². The fraction of sp³-hybridized carbons (Fsp3) is 0.217. The summed E-state index contributed by atoms with van der Waals surface area (Å²) in [7, 11) is -3.67. The molecule has 168 valence electrons. The van der Waals surface area contributed by atoms with Gasteiger partial charge in [0.05, 0.1) is 0 Å². The van der Waals surface area contributed by atoms with Gasteiger partial charge in [0.1, 0.15) is 0 Å². The van der Waals surface area contributed by atoms with E-state index in [0.29, 0.717) is 20.1 Å². The number of hydrogen-bond acceptors (Lipinski definition) is 5. The van der Waals surface area contributed by atoms with Crippen molar-refractivity contribution < 1.29 is 18.3 Å². The monoisotopic (exact) mass is 534 g/mol. The summed E-state index contributed by atoms with van der Waals surface area (Å²) in [5, 5.41) is 13.1. The molecule has 0 bridgehead atoms. The third kappa shape index (κ3) is 5.99. The summed E-state index contributed by atoms with van der Waals surface area (Å²) >= 11 is 3.16. The molecule has 0 aliphatic heterocycles. The first-order chi connectivity index (χ1) is 15.1. The van der Waals surface area contributed by atoms with Gasteiger partial charge in [-0.2, -0.15) is 0 Å². The van der Waals surface area contributed by atoms with E-state index < -0.39 is 27.1 Å². The third-order valence-electron chi connectivity index (χ3n) is 4.71. The van der Waals surface area contributed by atoms with Crippen molar-refractivity contribution in [1.29, 1.82) is 0 Å². The number of pyridine rings is 1. The van der Waals surface area contributed by atoms with Crippen molar-refractivity contribution in [2.24, 2.45) is 0 Å². The molecule has 0 saturated carbocycles. The molecule has 1 aromatic heterocycles. The van der Waals surface area contributed by atoms with Crippen molar-refractivity contribution in [1.82, 2.24) is 10.3 Å². The van der Waals surface area contributed by atoms with Crippen LogP contribution in [0.4, 0.5) is 0 Å². The summed E-state index contributed by atoms with van der Waals surface area (Å²) in [6.07, 6.45) is 2.89. The Balaban J connectivity index is 2.04. The number of carbonyl (C=O) groups is 1. The molecule has 1 amide bonds. The second-order valence-corrected chi connectivity index (χ2v) is 18.4. The van der Waals surface area contributed by atoms with Crippen molar-refractivity contribution >= 4 is 43.5 Å². The van der Waals surface area contributed by atoms with Crippen LogP contribution in [0.25, 0.3) is 0 Å². The minimum absolute atomic E-state index is 0.172. The van der Waals surface area contributed by atoms with Gasteiger partial charge < -0.3 is 0 Å². The number of aromatic nitrogens is 1. The van der Waals surface area contributed by atoms with E-state index in [1.165, 1.54) is 12.4 Å². The molecule has 0 aliphatic rings. The predicted molar refractivity (Wildman–Crippen MR) is 127 cm³/mol. The van der Waals surface area contributed by atoms with Crippen molar-refractivity contribution in [3.8, 4) is 0 Å². The zero-order valence-electron chi connectivity index (χ0n) is 17.7. The zero-order valence-corrected chi connectivity index (χ0v) is 21.1. The Labute approximate surface area is 196 Å². The van der Waals surface area contributed by atoms with E-state index >= 15 is 0 Å². The second kappa shape index (κ2) is 10.2. The molecular weight excluding hydrogens is 511 g/mol. The Hall–Kier alpha value is -2.18. The molecule has 2 aromatic carbocycles. The number of nitrogens with zero attached hydrogens (tertiary/aromatic N) is 1. The third-order valence-corrected chi connectivity index (χ3v) is 16.3. The molecule has 0 fully saturated rings. The fourth-order valence-corrected chi connectivity index (χ4v) is 13.3. The number of rotatable bonds is 8. The molecule has 3 aromatic rings. The normalized spacial score (nSPS) is 12.9. The molecule has 0 radical (unpaired) electrons. The zero-order chi connectivity index (χ0) is 23.4. The van der Waals surface area contributed by atoms with Crippen molar-refractivity contribution in [3.63, 3.8) is 0 Å². The molecule has 9 heteroatoms.